The number of hydrogen-bond acceptors (Lipinski definition) is 3. The molecule has 78 valence electrons. The molecular formula is C10H20O2S. The highest BCUT2D eigenvalue weighted by molar-refractivity contribution is 7.81. The second kappa shape index (κ2) is 5.53. The van der Waals surface area contributed by atoms with Crippen molar-refractivity contribution in [3.63, 3.8) is 0 Å². The van der Waals surface area contributed by atoms with Gasteiger partial charge in [-0.1, -0.05) is 27.7 Å². The van der Waals surface area contributed by atoms with Crippen molar-refractivity contribution in [2.24, 2.45) is 11.8 Å². The molecule has 3 heteroatoms. The maximum absolute atomic E-state index is 11.4. The number of hydrogen-bond donors (Lipinski definition) is 1. The van der Waals surface area contributed by atoms with Crippen molar-refractivity contribution in [3.05, 3.63) is 0 Å². The molecule has 0 heterocycles. The summed E-state index contributed by atoms with van der Waals surface area (Å²) in [6, 6.07) is 0. The summed E-state index contributed by atoms with van der Waals surface area (Å²) in [7, 11) is 0. The van der Waals surface area contributed by atoms with Gasteiger partial charge in [0.15, 0.2) is 0 Å². The third-order valence-electron chi connectivity index (χ3n) is 2.11. The summed E-state index contributed by atoms with van der Waals surface area (Å²) in [5, 5.41) is -0.304. The average Bonchev–Trinajstić information content (AvgIpc) is 2.02. The topological polar surface area (TPSA) is 26.3 Å². The Balaban J connectivity index is 4.00. The summed E-state index contributed by atoms with van der Waals surface area (Å²) in [5.74, 6) is 0.367. The summed E-state index contributed by atoms with van der Waals surface area (Å²) >= 11 is 4.19. The first kappa shape index (κ1) is 12.8. The molecule has 0 fully saturated rings. The van der Waals surface area contributed by atoms with Gasteiger partial charge in [-0.25, -0.2) is 0 Å². The minimum atomic E-state index is -0.304. The molecular weight excluding hydrogens is 184 g/mol. The first-order valence-corrected chi connectivity index (χ1v) is 5.26. The van der Waals surface area contributed by atoms with Gasteiger partial charge in [-0.2, -0.15) is 12.6 Å². The van der Waals surface area contributed by atoms with E-state index in [2.05, 4.69) is 12.6 Å². The lowest BCUT2D eigenvalue weighted by molar-refractivity contribution is -0.150. The van der Waals surface area contributed by atoms with Crippen LogP contribution in [-0.4, -0.2) is 17.3 Å². The van der Waals surface area contributed by atoms with Gasteiger partial charge in [-0.05, 0) is 18.8 Å². The van der Waals surface area contributed by atoms with Crippen LogP contribution in [0, 0.1) is 11.8 Å². The van der Waals surface area contributed by atoms with Crippen LogP contribution in [0.15, 0.2) is 0 Å². The summed E-state index contributed by atoms with van der Waals surface area (Å²) in [6.07, 6.45) is -0.0269. The van der Waals surface area contributed by atoms with Crippen molar-refractivity contribution in [1.29, 1.82) is 0 Å². The molecule has 0 spiro atoms. The number of carbonyl (C=O) groups excluding carboxylic acids is 1. The Morgan fingerprint density at radius 3 is 1.85 bits per heavy atom. The van der Waals surface area contributed by atoms with Gasteiger partial charge < -0.3 is 4.74 Å². The van der Waals surface area contributed by atoms with Crippen LogP contribution in [0.5, 0.6) is 0 Å². The predicted octanol–water partition coefficient (Wildman–Crippen LogP) is 2.53. The van der Waals surface area contributed by atoms with Gasteiger partial charge in [-0.3, -0.25) is 4.79 Å². The van der Waals surface area contributed by atoms with Gasteiger partial charge in [0.1, 0.15) is 11.4 Å². The number of carbonyl (C=O) groups is 1. The normalized spacial score (nSPS) is 16.0. The molecule has 0 aliphatic carbocycles. The van der Waals surface area contributed by atoms with Crippen molar-refractivity contribution in [2.75, 3.05) is 0 Å². The Kier molecular flexibility index (Phi) is 5.45. The van der Waals surface area contributed by atoms with E-state index < -0.39 is 0 Å². The molecule has 0 saturated carbocycles. The third-order valence-corrected chi connectivity index (χ3v) is 2.92. The van der Waals surface area contributed by atoms with Crippen LogP contribution in [-0.2, 0) is 9.53 Å². The van der Waals surface area contributed by atoms with Crippen LogP contribution >= 0.6 is 12.6 Å². The Hall–Kier alpha value is -0.180. The standard InChI is InChI=1S/C10H20O2S/c1-6(2)8(5)12-10(11)9(13)7(3)4/h6-9,13H,1-5H3. The smallest absolute Gasteiger partial charge is 0.319 e. The Bertz CT molecular complexity index is 166. The monoisotopic (exact) mass is 204 g/mol. The zero-order valence-electron chi connectivity index (χ0n) is 9.07. The molecule has 0 aromatic rings. The Labute approximate surface area is 86.5 Å². The summed E-state index contributed by atoms with van der Waals surface area (Å²) in [5.41, 5.74) is 0. The molecule has 0 aromatic carbocycles. The summed E-state index contributed by atoms with van der Waals surface area (Å²) in [6.45, 7) is 9.88. The molecule has 0 N–H and O–H groups in total. The average molecular weight is 204 g/mol. The van der Waals surface area contributed by atoms with E-state index in [1.165, 1.54) is 0 Å². The van der Waals surface area contributed by atoms with E-state index in [4.69, 9.17) is 4.74 Å². The maximum atomic E-state index is 11.4. The van der Waals surface area contributed by atoms with Crippen molar-refractivity contribution < 1.29 is 9.53 Å². The van der Waals surface area contributed by atoms with Crippen molar-refractivity contribution >= 4 is 18.6 Å². The van der Waals surface area contributed by atoms with Crippen LogP contribution < -0.4 is 0 Å². The second-order valence-corrected chi connectivity index (χ2v) is 4.63. The van der Waals surface area contributed by atoms with Crippen LogP contribution in [0.25, 0.3) is 0 Å². The van der Waals surface area contributed by atoms with E-state index >= 15 is 0 Å². The minimum absolute atomic E-state index is 0.0269. The summed E-state index contributed by atoms with van der Waals surface area (Å²) in [4.78, 5) is 11.4. The van der Waals surface area contributed by atoms with Crippen LogP contribution in [0.4, 0.5) is 0 Å². The number of esters is 1. The molecule has 0 bridgehead atoms. The molecule has 0 amide bonds. The third kappa shape index (κ3) is 4.55. The van der Waals surface area contributed by atoms with Crippen molar-refractivity contribution in [1.82, 2.24) is 0 Å². The maximum Gasteiger partial charge on any atom is 0.319 e. The quantitative estimate of drug-likeness (QED) is 0.562. The minimum Gasteiger partial charge on any atom is -0.462 e. The molecule has 0 aliphatic heterocycles. The van der Waals surface area contributed by atoms with Crippen LogP contribution in [0.1, 0.15) is 34.6 Å². The van der Waals surface area contributed by atoms with Crippen molar-refractivity contribution in [3.8, 4) is 0 Å². The molecule has 2 nitrogen and oxygen atoms in total. The van der Waals surface area contributed by atoms with Gasteiger partial charge in [0, 0.05) is 0 Å². The highest BCUT2D eigenvalue weighted by Crippen LogP contribution is 2.14. The van der Waals surface area contributed by atoms with Gasteiger partial charge in [-0.15, -0.1) is 0 Å². The lowest BCUT2D eigenvalue weighted by atomic mass is 10.1. The molecule has 0 aromatic heterocycles. The van der Waals surface area contributed by atoms with Gasteiger partial charge >= 0.3 is 5.97 Å². The fourth-order valence-corrected chi connectivity index (χ4v) is 0.722. The molecule has 0 saturated heterocycles. The second-order valence-electron chi connectivity index (χ2n) is 4.07. The SMILES string of the molecule is CC(C)C(C)OC(=O)C(S)C(C)C. The molecule has 0 rings (SSSR count). The molecule has 2 unspecified atom stereocenters. The number of rotatable bonds is 4. The highest BCUT2D eigenvalue weighted by Gasteiger charge is 2.22. The predicted molar refractivity (Wildman–Crippen MR) is 58.0 cm³/mol. The fourth-order valence-electron chi connectivity index (χ4n) is 0.661. The van der Waals surface area contributed by atoms with E-state index in [1.54, 1.807) is 0 Å². The van der Waals surface area contributed by atoms with Gasteiger partial charge in [0.05, 0.1) is 0 Å². The molecule has 13 heavy (non-hydrogen) atoms. The molecule has 0 aliphatic rings. The van der Waals surface area contributed by atoms with E-state index in [0.29, 0.717) is 5.92 Å². The van der Waals surface area contributed by atoms with Gasteiger partial charge in [0.25, 0.3) is 0 Å². The van der Waals surface area contributed by atoms with E-state index in [0.717, 1.165) is 0 Å². The number of thiol groups is 1. The van der Waals surface area contributed by atoms with E-state index in [-0.39, 0.29) is 23.2 Å². The van der Waals surface area contributed by atoms with Crippen LogP contribution in [0.2, 0.25) is 0 Å². The molecule has 2 atom stereocenters. The number of ether oxygens (including phenoxy) is 1. The first-order chi connectivity index (χ1) is 5.86. The summed E-state index contributed by atoms with van der Waals surface area (Å²) < 4.78 is 5.22. The lowest BCUT2D eigenvalue weighted by Crippen LogP contribution is -2.29. The van der Waals surface area contributed by atoms with Crippen molar-refractivity contribution in [2.45, 2.75) is 46.0 Å². The first-order valence-electron chi connectivity index (χ1n) is 4.74. The Morgan fingerprint density at radius 2 is 1.54 bits per heavy atom. The van der Waals surface area contributed by atoms with E-state index in [1.807, 2.05) is 34.6 Å². The Morgan fingerprint density at radius 1 is 1.08 bits per heavy atom. The van der Waals surface area contributed by atoms with Crippen LogP contribution in [0.3, 0.4) is 0 Å². The van der Waals surface area contributed by atoms with E-state index in [9.17, 15) is 4.79 Å². The zero-order chi connectivity index (χ0) is 10.6. The highest BCUT2D eigenvalue weighted by atomic mass is 32.1. The lowest BCUT2D eigenvalue weighted by Gasteiger charge is -2.20. The zero-order valence-corrected chi connectivity index (χ0v) is 9.97. The van der Waals surface area contributed by atoms with Gasteiger partial charge in [0.2, 0.25) is 0 Å². The molecule has 0 radical (unpaired) electrons. The fraction of sp³-hybridized carbons (Fsp3) is 0.900. The largest absolute Gasteiger partial charge is 0.462 e.